The molecule has 2 N–H and O–H groups in total. The van der Waals surface area contributed by atoms with Gasteiger partial charge < -0.3 is 4.74 Å². The Hall–Kier alpha value is -4.99. The third kappa shape index (κ3) is 6.60. The molecule has 41 heavy (non-hydrogen) atoms. The van der Waals surface area contributed by atoms with Gasteiger partial charge in [0.1, 0.15) is 29.4 Å². The summed E-state index contributed by atoms with van der Waals surface area (Å²) in [6.45, 7) is 13.3. The molecule has 0 atom stereocenters. The van der Waals surface area contributed by atoms with E-state index >= 15 is 0 Å². The predicted octanol–water partition coefficient (Wildman–Crippen LogP) is 4.96. The second-order valence-electron chi connectivity index (χ2n) is 10.0. The molecule has 3 rings (SSSR count). The van der Waals surface area contributed by atoms with Crippen LogP contribution in [0.15, 0.2) is 58.1 Å². The number of amidine groups is 2. The maximum atomic E-state index is 13.5. The van der Waals surface area contributed by atoms with Crippen LogP contribution in [0.2, 0.25) is 0 Å². The van der Waals surface area contributed by atoms with Gasteiger partial charge in [0.05, 0.1) is 23.5 Å². The molecule has 13 heteroatoms. The van der Waals surface area contributed by atoms with Gasteiger partial charge in [-0.1, -0.05) is 30.3 Å². The number of hydrogen-bond donors (Lipinski definition) is 2. The Bertz CT molecular complexity index is 1690. The lowest BCUT2D eigenvalue weighted by Crippen LogP contribution is -2.47. The van der Waals surface area contributed by atoms with Gasteiger partial charge in [0.15, 0.2) is 5.69 Å². The normalized spacial score (nSPS) is 11.5. The second-order valence-corrected chi connectivity index (χ2v) is 10.0. The zero-order valence-electron chi connectivity index (χ0n) is 22.9. The number of benzene rings is 2. The van der Waals surface area contributed by atoms with E-state index in [2.05, 4.69) is 4.85 Å². The molecule has 0 unspecified atom stereocenters. The molecule has 0 spiro atoms. The Morgan fingerprint density at radius 3 is 2.22 bits per heavy atom. The van der Waals surface area contributed by atoms with Gasteiger partial charge in [0, 0.05) is 12.6 Å². The summed E-state index contributed by atoms with van der Waals surface area (Å²) < 4.78 is 47.2. The third-order valence-corrected chi connectivity index (χ3v) is 5.81. The van der Waals surface area contributed by atoms with E-state index in [1.54, 1.807) is 20.8 Å². The monoisotopic (exact) mass is 568 g/mol. The van der Waals surface area contributed by atoms with Crippen molar-refractivity contribution in [2.45, 2.75) is 45.9 Å². The van der Waals surface area contributed by atoms with E-state index in [1.165, 1.54) is 37.3 Å². The van der Waals surface area contributed by atoms with Gasteiger partial charge in [0.2, 0.25) is 0 Å². The van der Waals surface area contributed by atoms with Crippen LogP contribution in [0.4, 0.5) is 24.5 Å². The van der Waals surface area contributed by atoms with E-state index in [1.807, 2.05) is 0 Å². The Morgan fingerprint density at radius 1 is 1.07 bits per heavy atom. The lowest BCUT2D eigenvalue weighted by atomic mass is 10.1. The Kier molecular flexibility index (Phi) is 8.38. The van der Waals surface area contributed by atoms with Crippen molar-refractivity contribution in [1.29, 1.82) is 10.8 Å². The van der Waals surface area contributed by atoms with E-state index in [0.29, 0.717) is 4.57 Å². The minimum atomic E-state index is -4.71. The molecule has 0 saturated heterocycles. The Labute approximate surface area is 233 Å². The van der Waals surface area contributed by atoms with Crippen molar-refractivity contribution >= 4 is 29.0 Å². The van der Waals surface area contributed by atoms with Crippen LogP contribution >= 0.6 is 0 Å². The maximum Gasteiger partial charge on any atom is 0.416 e. The molecule has 1 aromatic heterocycles. The summed E-state index contributed by atoms with van der Waals surface area (Å²) in [5.41, 5.74) is -4.19. The van der Waals surface area contributed by atoms with E-state index < -0.39 is 58.3 Å². The highest BCUT2D eigenvalue weighted by molar-refractivity contribution is 6.25. The summed E-state index contributed by atoms with van der Waals surface area (Å²) in [7, 11) is 1.11. The largest absolute Gasteiger partial charge is 0.460 e. The smallest absolute Gasteiger partial charge is 0.416 e. The molecule has 3 aromatic rings. The van der Waals surface area contributed by atoms with Crippen LogP contribution in [0.5, 0.6) is 0 Å². The fourth-order valence-electron chi connectivity index (χ4n) is 3.98. The van der Waals surface area contributed by atoms with E-state index in [9.17, 15) is 27.6 Å². The SMILES string of the molecule is [C-]#[N+]c1ccc(C(=N)N(C(=N)CC(=O)OC(C)(C)C)c2c(C)n(-c3cccc(C(F)(F)F)c3)c(=O)n(C)c2=O)cc1. The number of nitrogens with one attached hydrogen (secondary N) is 2. The van der Waals surface area contributed by atoms with E-state index in [4.69, 9.17) is 22.1 Å². The van der Waals surface area contributed by atoms with Crippen LogP contribution in [-0.2, 0) is 22.8 Å². The van der Waals surface area contributed by atoms with Crippen molar-refractivity contribution in [3.63, 3.8) is 0 Å². The number of esters is 1. The van der Waals surface area contributed by atoms with Crippen LogP contribution in [0.3, 0.4) is 0 Å². The summed E-state index contributed by atoms with van der Waals surface area (Å²) in [5, 5.41) is 17.6. The van der Waals surface area contributed by atoms with Gasteiger partial charge in [-0.3, -0.25) is 34.4 Å². The van der Waals surface area contributed by atoms with Gasteiger partial charge in [-0.2, -0.15) is 13.2 Å². The summed E-state index contributed by atoms with van der Waals surface area (Å²) in [4.78, 5) is 43.4. The zero-order chi connectivity index (χ0) is 30.9. The number of alkyl halides is 3. The van der Waals surface area contributed by atoms with Crippen molar-refractivity contribution in [3.8, 4) is 5.69 Å². The molecular weight excluding hydrogens is 541 g/mol. The van der Waals surface area contributed by atoms with E-state index in [0.717, 1.165) is 34.7 Å². The molecule has 10 nitrogen and oxygen atoms in total. The zero-order valence-corrected chi connectivity index (χ0v) is 22.9. The molecule has 0 fully saturated rings. The van der Waals surface area contributed by atoms with Gasteiger partial charge >= 0.3 is 17.8 Å². The minimum absolute atomic E-state index is 0.157. The highest BCUT2D eigenvalue weighted by Gasteiger charge is 2.32. The predicted molar refractivity (Wildman–Crippen MR) is 147 cm³/mol. The molecule has 0 aliphatic carbocycles. The average Bonchev–Trinajstić information content (AvgIpc) is 2.88. The summed E-state index contributed by atoms with van der Waals surface area (Å²) in [5.74, 6) is -1.85. The topological polar surface area (TPSA) is 126 Å². The Balaban J connectivity index is 2.30. The lowest BCUT2D eigenvalue weighted by molar-refractivity contribution is -0.153. The maximum absolute atomic E-state index is 13.5. The molecule has 2 aromatic carbocycles. The standard InChI is InChI=1S/C28H27F3N6O4/c1-16-23(25(39)35(6)26(40)36(16)20-9-7-8-18(14-20)28(29,30)31)37(21(32)15-22(38)41-27(2,3)4)24(33)17-10-12-19(34-5)13-11-17/h7-14,32-33H,15H2,1-4,6H3. The highest BCUT2D eigenvalue weighted by atomic mass is 19.4. The lowest BCUT2D eigenvalue weighted by Gasteiger charge is -2.29. The van der Waals surface area contributed by atoms with Crippen LogP contribution in [0, 0.1) is 24.3 Å². The summed E-state index contributed by atoms with van der Waals surface area (Å²) in [6, 6.07) is 9.59. The number of nitrogens with zero attached hydrogens (tertiary/aromatic N) is 4. The molecule has 0 aliphatic rings. The van der Waals surface area contributed by atoms with Gasteiger partial charge in [0.25, 0.3) is 5.56 Å². The average molecular weight is 569 g/mol. The van der Waals surface area contributed by atoms with Crippen molar-refractivity contribution < 1.29 is 22.7 Å². The van der Waals surface area contributed by atoms with Gasteiger partial charge in [-0.15, -0.1) is 0 Å². The number of carbonyl (C=O) groups excluding carboxylic acids is 1. The van der Waals surface area contributed by atoms with Crippen molar-refractivity contribution in [2.24, 2.45) is 7.05 Å². The Morgan fingerprint density at radius 2 is 1.68 bits per heavy atom. The van der Waals surface area contributed by atoms with Crippen LogP contribution in [-0.4, -0.2) is 32.4 Å². The quantitative estimate of drug-likeness (QED) is 0.195. The second kappa shape index (κ2) is 11.2. The molecular formula is C28H27F3N6O4. The molecule has 0 bridgehead atoms. The van der Waals surface area contributed by atoms with Gasteiger partial charge in [-0.25, -0.2) is 9.64 Å². The molecule has 0 radical (unpaired) electrons. The van der Waals surface area contributed by atoms with Crippen molar-refractivity contribution in [3.05, 3.63) is 97.6 Å². The number of halogens is 3. The fraction of sp³-hybridized carbons (Fsp3) is 0.286. The van der Waals surface area contributed by atoms with Gasteiger partial charge in [-0.05, 0) is 45.9 Å². The number of carbonyl (C=O) groups is 1. The third-order valence-electron chi connectivity index (χ3n) is 5.81. The first kappa shape index (κ1) is 30.6. The molecule has 1 heterocycles. The fourth-order valence-corrected chi connectivity index (χ4v) is 3.98. The van der Waals surface area contributed by atoms with Crippen LogP contribution < -0.4 is 16.1 Å². The minimum Gasteiger partial charge on any atom is -0.460 e. The number of ether oxygens (including phenoxy) is 1. The van der Waals surface area contributed by atoms with Crippen molar-refractivity contribution in [1.82, 2.24) is 9.13 Å². The molecule has 0 aliphatic heterocycles. The molecule has 0 amide bonds. The number of hydrogen-bond acceptors (Lipinski definition) is 6. The first-order chi connectivity index (χ1) is 19.0. The highest BCUT2D eigenvalue weighted by Crippen LogP contribution is 2.31. The van der Waals surface area contributed by atoms with Crippen LogP contribution in [0.1, 0.15) is 44.0 Å². The summed E-state index contributed by atoms with van der Waals surface area (Å²) >= 11 is 0. The van der Waals surface area contributed by atoms with E-state index in [-0.39, 0.29) is 22.6 Å². The number of aromatic nitrogens is 2. The number of rotatable bonds is 5. The number of anilines is 1. The molecule has 214 valence electrons. The first-order valence-electron chi connectivity index (χ1n) is 12.1. The van der Waals surface area contributed by atoms with Crippen molar-refractivity contribution in [2.75, 3.05) is 4.90 Å². The van der Waals surface area contributed by atoms with Crippen LogP contribution in [0.25, 0.3) is 10.5 Å². The first-order valence-corrected chi connectivity index (χ1v) is 12.1. The summed E-state index contributed by atoms with van der Waals surface area (Å²) in [6.07, 6.45) is -5.39. The molecule has 0 saturated carbocycles.